The van der Waals surface area contributed by atoms with Crippen LogP contribution in [0.2, 0.25) is 0 Å². The van der Waals surface area contributed by atoms with Gasteiger partial charge in [-0.1, -0.05) is 0 Å². The first-order valence-corrected chi connectivity index (χ1v) is 1.43. The van der Waals surface area contributed by atoms with E-state index in [4.69, 9.17) is 0 Å². The number of hydrogen-bond donors (Lipinski definition) is 0. The van der Waals surface area contributed by atoms with Crippen molar-refractivity contribution in [2.24, 2.45) is 0 Å². The van der Waals surface area contributed by atoms with Gasteiger partial charge in [-0.2, -0.15) is 0 Å². The van der Waals surface area contributed by atoms with Crippen LogP contribution in [0.3, 0.4) is 0 Å². The molecule has 0 aromatic carbocycles. The van der Waals surface area contributed by atoms with Crippen molar-refractivity contribution in [1.82, 2.24) is 20.4 Å². The standard InChI is InChI=1S/C2H2N4.H2O/c1-3-5-2-6-4-1;/h1-2H;1H2. The number of rotatable bonds is 0. The minimum Gasteiger partial charge on any atom is -0.412 e. The molecule has 5 heteroatoms. The lowest BCUT2D eigenvalue weighted by Crippen LogP contribution is -1.81. The predicted molar refractivity (Wildman–Crippen MR) is 21.2 cm³/mol. The summed E-state index contributed by atoms with van der Waals surface area (Å²) in [5, 5.41) is 13.4. The average Bonchev–Trinajstić information content (AvgIpc) is 1.72. The molecule has 7 heavy (non-hydrogen) atoms. The lowest BCUT2D eigenvalue weighted by Gasteiger charge is -1.68. The maximum Gasteiger partial charge on any atom is 0.160 e. The second-order valence-corrected chi connectivity index (χ2v) is 0.693. The average molecular weight is 100 g/mol. The largest absolute Gasteiger partial charge is 0.412 e. The summed E-state index contributed by atoms with van der Waals surface area (Å²) in [6, 6.07) is 0. The molecule has 0 atom stereocenters. The molecule has 5 nitrogen and oxygen atoms in total. The van der Waals surface area contributed by atoms with E-state index in [1.807, 2.05) is 0 Å². The van der Waals surface area contributed by atoms with E-state index in [-0.39, 0.29) is 5.48 Å². The van der Waals surface area contributed by atoms with Crippen LogP contribution in [-0.4, -0.2) is 25.9 Å². The van der Waals surface area contributed by atoms with Crippen molar-refractivity contribution in [2.45, 2.75) is 0 Å². The molecule has 0 aliphatic heterocycles. The van der Waals surface area contributed by atoms with Crippen LogP contribution >= 0.6 is 0 Å². The molecule has 0 spiro atoms. The molecule has 1 aromatic heterocycles. The summed E-state index contributed by atoms with van der Waals surface area (Å²) < 4.78 is 0. The van der Waals surface area contributed by atoms with E-state index >= 15 is 0 Å². The van der Waals surface area contributed by atoms with Crippen molar-refractivity contribution in [3.63, 3.8) is 0 Å². The topological polar surface area (TPSA) is 83.1 Å². The van der Waals surface area contributed by atoms with Gasteiger partial charge >= 0.3 is 0 Å². The summed E-state index contributed by atoms with van der Waals surface area (Å²) >= 11 is 0. The van der Waals surface area contributed by atoms with E-state index in [9.17, 15) is 0 Å². The van der Waals surface area contributed by atoms with Crippen LogP contribution in [0.5, 0.6) is 0 Å². The van der Waals surface area contributed by atoms with Gasteiger partial charge in [-0.05, 0) is 0 Å². The van der Waals surface area contributed by atoms with E-state index in [0.29, 0.717) is 0 Å². The molecule has 0 radical (unpaired) electrons. The third-order valence-electron chi connectivity index (χ3n) is 0.340. The zero-order chi connectivity index (χ0) is 4.24. The molecule has 0 unspecified atom stereocenters. The van der Waals surface area contributed by atoms with Gasteiger partial charge in [0.2, 0.25) is 0 Å². The Morgan fingerprint density at radius 3 is 1.14 bits per heavy atom. The minimum absolute atomic E-state index is 0. The molecule has 0 fully saturated rings. The van der Waals surface area contributed by atoms with E-state index in [2.05, 4.69) is 20.4 Å². The highest BCUT2D eigenvalue weighted by atomic mass is 16.0. The van der Waals surface area contributed by atoms with Gasteiger partial charge in [0.05, 0.1) is 0 Å². The number of nitrogens with zero attached hydrogens (tertiary/aromatic N) is 4. The lowest BCUT2D eigenvalue weighted by atomic mass is 11.3. The summed E-state index contributed by atoms with van der Waals surface area (Å²) in [5.41, 5.74) is 0. The fourth-order valence-corrected chi connectivity index (χ4v) is 0.165. The van der Waals surface area contributed by atoms with Crippen LogP contribution in [0.15, 0.2) is 12.7 Å². The summed E-state index contributed by atoms with van der Waals surface area (Å²) in [6.45, 7) is 0. The number of aromatic nitrogens is 4. The molecule has 1 heterocycles. The van der Waals surface area contributed by atoms with E-state index in [1.165, 1.54) is 12.7 Å². The van der Waals surface area contributed by atoms with Crippen molar-refractivity contribution < 1.29 is 5.48 Å². The van der Waals surface area contributed by atoms with Gasteiger partial charge < -0.3 is 5.48 Å². The molecule has 0 saturated heterocycles. The molecular weight excluding hydrogens is 96.0 g/mol. The van der Waals surface area contributed by atoms with Gasteiger partial charge in [0, 0.05) is 0 Å². The Morgan fingerprint density at radius 2 is 1.00 bits per heavy atom. The van der Waals surface area contributed by atoms with Gasteiger partial charge in [0.1, 0.15) is 0 Å². The van der Waals surface area contributed by atoms with Crippen LogP contribution in [0.25, 0.3) is 0 Å². The molecule has 0 saturated carbocycles. The molecule has 2 N–H and O–H groups in total. The lowest BCUT2D eigenvalue weighted by molar-refractivity contribution is 0.824. The fraction of sp³-hybridized carbons (Fsp3) is 0. The zero-order valence-electron chi connectivity index (χ0n) is 3.44. The number of hydrogen-bond acceptors (Lipinski definition) is 4. The summed E-state index contributed by atoms with van der Waals surface area (Å²) in [5.74, 6) is 0. The summed E-state index contributed by atoms with van der Waals surface area (Å²) in [6.07, 6.45) is 2.56. The quantitative estimate of drug-likeness (QED) is 0.394. The molecule has 0 aliphatic rings. The smallest absolute Gasteiger partial charge is 0.160 e. The Balaban J connectivity index is 0.000000360. The highest BCUT2D eigenvalue weighted by Crippen LogP contribution is 1.50. The first-order valence-electron chi connectivity index (χ1n) is 1.43. The van der Waals surface area contributed by atoms with Gasteiger partial charge in [-0.3, -0.25) is 0 Å². The Morgan fingerprint density at radius 1 is 0.714 bits per heavy atom. The molecular formula is C2H4N4O. The van der Waals surface area contributed by atoms with E-state index in [0.717, 1.165) is 0 Å². The van der Waals surface area contributed by atoms with E-state index < -0.39 is 0 Å². The normalized spacial score (nSPS) is 6.86. The highest BCUT2D eigenvalue weighted by Gasteiger charge is 1.61. The highest BCUT2D eigenvalue weighted by molar-refractivity contribution is 4.35. The van der Waals surface area contributed by atoms with Crippen LogP contribution in [0.4, 0.5) is 0 Å². The second kappa shape index (κ2) is 3.10. The SMILES string of the molecule is O.c1nncnn1. The second-order valence-electron chi connectivity index (χ2n) is 0.693. The van der Waals surface area contributed by atoms with Gasteiger partial charge in [-0.25, -0.2) is 0 Å². The van der Waals surface area contributed by atoms with Gasteiger partial charge in [-0.15, -0.1) is 20.4 Å². The van der Waals surface area contributed by atoms with Crippen molar-refractivity contribution in [3.8, 4) is 0 Å². The predicted octanol–water partition coefficient (Wildman–Crippen LogP) is -1.56. The van der Waals surface area contributed by atoms with Crippen LogP contribution in [0.1, 0.15) is 0 Å². The van der Waals surface area contributed by atoms with Crippen molar-refractivity contribution in [2.75, 3.05) is 0 Å². The first kappa shape index (κ1) is 5.90. The van der Waals surface area contributed by atoms with Crippen molar-refractivity contribution in [3.05, 3.63) is 12.7 Å². The Bertz CT molecular complexity index is 81.6. The Labute approximate surface area is 39.7 Å². The molecule has 1 rings (SSSR count). The van der Waals surface area contributed by atoms with Gasteiger partial charge in [0.25, 0.3) is 0 Å². The molecule has 0 aliphatic carbocycles. The zero-order valence-corrected chi connectivity index (χ0v) is 3.44. The fourth-order valence-electron chi connectivity index (χ4n) is 0.165. The third kappa shape index (κ3) is 1.72. The van der Waals surface area contributed by atoms with Crippen molar-refractivity contribution >= 4 is 0 Å². The van der Waals surface area contributed by atoms with E-state index in [1.54, 1.807) is 0 Å². The molecule has 1 aromatic rings. The Kier molecular flexibility index (Phi) is 2.62. The van der Waals surface area contributed by atoms with Crippen LogP contribution < -0.4 is 0 Å². The van der Waals surface area contributed by atoms with Crippen molar-refractivity contribution in [1.29, 1.82) is 0 Å². The summed E-state index contributed by atoms with van der Waals surface area (Å²) in [7, 11) is 0. The maximum atomic E-state index is 3.36. The first-order chi connectivity index (χ1) is 3.00. The summed E-state index contributed by atoms with van der Waals surface area (Å²) in [4.78, 5) is 0. The minimum atomic E-state index is 0. The Hall–Kier alpha value is -1.10. The maximum absolute atomic E-state index is 3.36. The third-order valence-corrected chi connectivity index (χ3v) is 0.340. The monoisotopic (exact) mass is 100 g/mol. The molecule has 0 amide bonds. The van der Waals surface area contributed by atoms with Crippen LogP contribution in [-0.2, 0) is 0 Å². The van der Waals surface area contributed by atoms with Gasteiger partial charge in [0.15, 0.2) is 12.7 Å². The molecule has 0 bridgehead atoms. The molecule has 38 valence electrons. The van der Waals surface area contributed by atoms with Crippen LogP contribution in [0, 0.1) is 0 Å².